The number of carbonyl (C=O) groups excluding carboxylic acids is 1. The zero-order valence-corrected chi connectivity index (χ0v) is 28.2. The Balaban J connectivity index is 1.81. The predicted molar refractivity (Wildman–Crippen MR) is 177 cm³/mol. The van der Waals surface area contributed by atoms with Crippen molar-refractivity contribution >= 4 is 26.0 Å². The molecule has 246 valence electrons. The van der Waals surface area contributed by atoms with Crippen molar-refractivity contribution in [1.82, 2.24) is 9.03 Å². The molecule has 0 bridgehead atoms. The summed E-state index contributed by atoms with van der Waals surface area (Å²) in [6.07, 6.45) is 1.45. The Morgan fingerprint density at radius 1 is 0.723 bits per heavy atom. The van der Waals surface area contributed by atoms with Gasteiger partial charge >= 0.3 is 5.97 Å². The highest BCUT2D eigenvalue weighted by molar-refractivity contribution is 7.89. The van der Waals surface area contributed by atoms with Crippen molar-refractivity contribution in [1.29, 1.82) is 0 Å². The van der Waals surface area contributed by atoms with E-state index in [1.54, 1.807) is 72.8 Å². The van der Waals surface area contributed by atoms with Crippen LogP contribution in [0.25, 0.3) is 0 Å². The number of para-hydroxylation sites is 2. The molecular weight excluding hydrogens is 641 g/mol. The molecule has 3 atom stereocenters. The lowest BCUT2D eigenvalue weighted by molar-refractivity contribution is -0.136. The molecule has 0 saturated carbocycles. The average Bonchev–Trinajstić information content (AvgIpc) is 3.48. The molecule has 1 aliphatic heterocycles. The van der Waals surface area contributed by atoms with Gasteiger partial charge in [0.1, 0.15) is 11.5 Å². The molecule has 4 aromatic rings. The number of sulfonamides is 2. The number of hydrogen-bond donors (Lipinski definition) is 1. The van der Waals surface area contributed by atoms with Crippen LogP contribution in [0.15, 0.2) is 119 Å². The van der Waals surface area contributed by atoms with Crippen molar-refractivity contribution in [3.05, 3.63) is 131 Å². The lowest BCUT2D eigenvalue weighted by Gasteiger charge is -2.36. The maximum absolute atomic E-state index is 14.9. The Morgan fingerprint density at radius 2 is 1.26 bits per heavy atom. The van der Waals surface area contributed by atoms with E-state index >= 15 is 0 Å². The molecule has 1 heterocycles. The third-order valence-corrected chi connectivity index (χ3v) is 11.4. The highest BCUT2D eigenvalue weighted by Crippen LogP contribution is 2.48. The first-order valence-corrected chi connectivity index (χ1v) is 17.6. The zero-order valence-electron chi connectivity index (χ0n) is 26.6. The summed E-state index contributed by atoms with van der Waals surface area (Å²) in [6, 6.07) is 22.2. The van der Waals surface area contributed by atoms with Crippen LogP contribution in [0.2, 0.25) is 0 Å². The van der Waals surface area contributed by atoms with E-state index in [1.807, 2.05) is 13.8 Å². The second-order valence-electron chi connectivity index (χ2n) is 11.1. The van der Waals surface area contributed by atoms with Crippen LogP contribution in [0.1, 0.15) is 34.3 Å². The quantitative estimate of drug-likeness (QED) is 0.213. The number of carbonyl (C=O) groups is 1. The van der Waals surface area contributed by atoms with Gasteiger partial charge in [0.05, 0.1) is 54.8 Å². The van der Waals surface area contributed by atoms with Crippen LogP contribution < -0.4 is 14.2 Å². The lowest BCUT2D eigenvalue weighted by Crippen LogP contribution is -2.47. The van der Waals surface area contributed by atoms with Crippen LogP contribution in [0.3, 0.4) is 0 Å². The van der Waals surface area contributed by atoms with Gasteiger partial charge in [-0.1, -0.05) is 77.9 Å². The molecule has 0 spiro atoms. The van der Waals surface area contributed by atoms with Crippen LogP contribution in [0.4, 0.5) is 0 Å². The van der Waals surface area contributed by atoms with Crippen LogP contribution >= 0.6 is 0 Å². The summed E-state index contributed by atoms with van der Waals surface area (Å²) in [4.78, 5) is 13.4. The van der Waals surface area contributed by atoms with Crippen molar-refractivity contribution in [3.8, 4) is 11.5 Å². The molecule has 0 amide bonds. The maximum Gasteiger partial charge on any atom is 0.335 e. The standard InChI is InChI=1S/C35H36N2O8S2/c1-23-14-18-25(19-15-23)46(39,40)36-33(27-10-6-8-12-31(27)43-3)30-22-29(35(38)45-5)34(28-11-7-9-13-32(28)44-4)37(30)47(41,42)26-20-16-24(2)17-21-26/h6-22,30,33-34,36H,1-5H3/t30-,33?,34-/m1/s1. The van der Waals surface area contributed by atoms with E-state index in [0.717, 1.165) is 15.4 Å². The van der Waals surface area contributed by atoms with Crippen LogP contribution in [0.5, 0.6) is 11.5 Å². The molecule has 0 radical (unpaired) electrons. The fraction of sp³-hybridized carbons (Fsp3) is 0.229. The zero-order chi connectivity index (χ0) is 33.9. The van der Waals surface area contributed by atoms with E-state index in [0.29, 0.717) is 22.6 Å². The Hall–Kier alpha value is -4.49. The number of aryl methyl sites for hydroxylation is 2. The van der Waals surface area contributed by atoms with Gasteiger partial charge in [-0.25, -0.2) is 26.4 Å². The van der Waals surface area contributed by atoms with E-state index in [4.69, 9.17) is 14.2 Å². The van der Waals surface area contributed by atoms with Crippen LogP contribution in [-0.2, 0) is 29.6 Å². The van der Waals surface area contributed by atoms with Crippen molar-refractivity contribution < 1.29 is 35.8 Å². The largest absolute Gasteiger partial charge is 0.496 e. The number of ether oxygens (including phenoxy) is 3. The molecule has 5 rings (SSSR count). The molecule has 4 aromatic carbocycles. The second-order valence-corrected chi connectivity index (χ2v) is 14.6. The summed E-state index contributed by atoms with van der Waals surface area (Å²) >= 11 is 0. The summed E-state index contributed by atoms with van der Waals surface area (Å²) in [7, 11) is -4.64. The number of hydrogen-bond acceptors (Lipinski definition) is 8. The van der Waals surface area contributed by atoms with E-state index in [9.17, 15) is 21.6 Å². The maximum atomic E-state index is 14.9. The number of nitrogens with zero attached hydrogens (tertiary/aromatic N) is 1. The van der Waals surface area contributed by atoms with Crippen molar-refractivity contribution in [2.24, 2.45) is 0 Å². The Bertz CT molecular complexity index is 2010. The number of benzene rings is 4. The van der Waals surface area contributed by atoms with E-state index < -0.39 is 44.1 Å². The number of nitrogens with one attached hydrogen (secondary N) is 1. The Labute approximate surface area is 275 Å². The fourth-order valence-corrected chi connectivity index (χ4v) is 8.68. The second kappa shape index (κ2) is 13.7. The summed E-state index contributed by atoms with van der Waals surface area (Å²) in [5, 5.41) is 0. The smallest absolute Gasteiger partial charge is 0.335 e. The number of esters is 1. The summed E-state index contributed by atoms with van der Waals surface area (Å²) in [6.45, 7) is 3.67. The van der Waals surface area contributed by atoms with Gasteiger partial charge in [0.15, 0.2) is 0 Å². The van der Waals surface area contributed by atoms with Gasteiger partial charge in [-0.15, -0.1) is 0 Å². The summed E-state index contributed by atoms with van der Waals surface area (Å²) < 4.78 is 78.1. The third kappa shape index (κ3) is 6.68. The Morgan fingerprint density at radius 3 is 1.83 bits per heavy atom. The van der Waals surface area contributed by atoms with Gasteiger partial charge < -0.3 is 14.2 Å². The van der Waals surface area contributed by atoms with Gasteiger partial charge in [-0.3, -0.25) is 0 Å². The van der Waals surface area contributed by atoms with Gasteiger partial charge in [0, 0.05) is 11.1 Å². The first-order chi connectivity index (χ1) is 22.4. The predicted octanol–water partition coefficient (Wildman–Crippen LogP) is 5.25. The monoisotopic (exact) mass is 676 g/mol. The molecule has 1 aliphatic rings. The molecule has 12 heteroatoms. The summed E-state index contributed by atoms with van der Waals surface area (Å²) in [5.41, 5.74) is 2.41. The first kappa shape index (κ1) is 33.9. The van der Waals surface area contributed by atoms with Crippen LogP contribution in [0, 0.1) is 13.8 Å². The molecule has 1 unspecified atom stereocenters. The topological polar surface area (TPSA) is 128 Å². The molecular formula is C35H36N2O8S2. The van der Waals surface area contributed by atoms with Crippen molar-refractivity contribution in [3.63, 3.8) is 0 Å². The average molecular weight is 677 g/mol. The Kier molecular flexibility index (Phi) is 9.87. The molecule has 1 N–H and O–H groups in total. The first-order valence-electron chi connectivity index (χ1n) is 14.7. The van der Waals surface area contributed by atoms with Crippen molar-refractivity contribution in [2.75, 3.05) is 21.3 Å². The van der Waals surface area contributed by atoms with Gasteiger partial charge in [-0.2, -0.15) is 4.31 Å². The molecule has 0 aliphatic carbocycles. The minimum Gasteiger partial charge on any atom is -0.496 e. The van der Waals surface area contributed by atoms with Crippen LogP contribution in [-0.4, -0.2) is 54.5 Å². The minimum atomic E-state index is -4.46. The van der Waals surface area contributed by atoms with Gasteiger partial charge in [-0.05, 0) is 50.2 Å². The summed E-state index contributed by atoms with van der Waals surface area (Å²) in [5.74, 6) is -0.149. The lowest BCUT2D eigenvalue weighted by atomic mass is 9.99. The SMILES string of the molecule is COC(=O)C1=C[C@H](C(NS(=O)(=O)c2ccc(C)cc2)c2ccccc2OC)N(S(=O)(=O)c2ccc(C)cc2)[C@@H]1c1ccccc1OC. The number of methoxy groups -OCH3 is 3. The highest BCUT2D eigenvalue weighted by Gasteiger charge is 2.51. The van der Waals surface area contributed by atoms with E-state index in [-0.39, 0.29) is 15.4 Å². The molecule has 10 nitrogen and oxygen atoms in total. The van der Waals surface area contributed by atoms with E-state index in [1.165, 1.54) is 51.7 Å². The van der Waals surface area contributed by atoms with Gasteiger partial charge in [0.2, 0.25) is 20.0 Å². The fourth-order valence-electron chi connectivity index (χ4n) is 5.72. The van der Waals surface area contributed by atoms with Crippen molar-refractivity contribution in [2.45, 2.75) is 41.8 Å². The molecule has 0 aromatic heterocycles. The molecule has 0 fully saturated rings. The highest BCUT2D eigenvalue weighted by atomic mass is 32.2. The van der Waals surface area contributed by atoms with E-state index in [2.05, 4.69) is 4.72 Å². The molecule has 0 saturated heterocycles. The third-order valence-electron chi connectivity index (χ3n) is 8.07. The molecule has 47 heavy (non-hydrogen) atoms. The normalized spacial score (nSPS) is 17.5. The number of rotatable bonds is 11. The minimum absolute atomic E-state index is 0.00730. The van der Waals surface area contributed by atoms with Gasteiger partial charge in [0.25, 0.3) is 0 Å².